The van der Waals surface area contributed by atoms with Crippen molar-refractivity contribution in [3.8, 4) is 10.8 Å². The Labute approximate surface area is 108 Å². The van der Waals surface area contributed by atoms with Gasteiger partial charge in [-0.05, 0) is 13.8 Å². The highest BCUT2D eigenvalue weighted by Gasteiger charge is 2.41. The van der Waals surface area contributed by atoms with Crippen LogP contribution in [0.2, 0.25) is 0 Å². The second-order valence-corrected chi connectivity index (χ2v) is 4.85. The molecule has 0 aliphatic rings. The standard InChI is InChI=1S/C10H7F3N2O3S/c1-3-6(19-4(2)14-3)8-15-7(10(11,12)13)5(18-8)9(16)17/h1-2H3,(H,16,17). The lowest BCUT2D eigenvalue weighted by Crippen LogP contribution is -2.11. The minimum atomic E-state index is -4.89. The molecule has 0 bridgehead atoms. The maximum atomic E-state index is 12.6. The third-order valence-electron chi connectivity index (χ3n) is 2.19. The average Bonchev–Trinajstić information content (AvgIpc) is 2.80. The van der Waals surface area contributed by atoms with Gasteiger partial charge in [0.25, 0.3) is 0 Å². The van der Waals surface area contributed by atoms with E-state index in [1.54, 1.807) is 13.8 Å². The molecule has 1 N–H and O–H groups in total. The van der Waals surface area contributed by atoms with Crippen molar-refractivity contribution >= 4 is 17.3 Å². The maximum Gasteiger partial charge on any atom is 0.437 e. The number of aryl methyl sites for hydroxylation is 2. The van der Waals surface area contributed by atoms with Crippen LogP contribution < -0.4 is 0 Å². The first-order valence-corrected chi connectivity index (χ1v) is 5.77. The fourth-order valence-electron chi connectivity index (χ4n) is 1.48. The quantitative estimate of drug-likeness (QED) is 0.920. The largest absolute Gasteiger partial charge is 0.475 e. The van der Waals surface area contributed by atoms with Crippen LogP contribution in [0, 0.1) is 13.8 Å². The molecule has 2 aromatic rings. The van der Waals surface area contributed by atoms with E-state index in [-0.39, 0.29) is 10.8 Å². The minimum absolute atomic E-state index is 0.287. The van der Waals surface area contributed by atoms with Crippen LogP contribution in [0.15, 0.2) is 4.42 Å². The van der Waals surface area contributed by atoms with E-state index < -0.39 is 23.6 Å². The van der Waals surface area contributed by atoms with Crippen LogP contribution in [-0.2, 0) is 6.18 Å². The van der Waals surface area contributed by atoms with Crippen molar-refractivity contribution < 1.29 is 27.5 Å². The Morgan fingerprint density at radius 3 is 2.32 bits per heavy atom. The molecule has 2 rings (SSSR count). The number of aromatic carboxylic acids is 1. The van der Waals surface area contributed by atoms with E-state index in [0.29, 0.717) is 10.7 Å². The van der Waals surface area contributed by atoms with E-state index in [4.69, 9.17) is 9.52 Å². The Hall–Kier alpha value is -1.90. The highest BCUT2D eigenvalue weighted by Crippen LogP contribution is 2.36. The Balaban J connectivity index is 2.61. The summed E-state index contributed by atoms with van der Waals surface area (Å²) in [7, 11) is 0. The summed E-state index contributed by atoms with van der Waals surface area (Å²) in [5.74, 6) is -3.41. The molecule has 9 heteroatoms. The van der Waals surface area contributed by atoms with Gasteiger partial charge in [-0.2, -0.15) is 13.2 Å². The molecule has 2 heterocycles. The zero-order chi connectivity index (χ0) is 14.4. The number of carbonyl (C=O) groups is 1. The molecular weight excluding hydrogens is 285 g/mol. The number of rotatable bonds is 2. The summed E-state index contributed by atoms with van der Waals surface area (Å²) in [6, 6.07) is 0. The van der Waals surface area contributed by atoms with E-state index in [9.17, 15) is 18.0 Å². The molecule has 0 atom stereocenters. The molecule has 19 heavy (non-hydrogen) atoms. The number of carboxylic acid groups (broad SMARTS) is 1. The molecule has 102 valence electrons. The third kappa shape index (κ3) is 2.46. The molecule has 5 nitrogen and oxygen atoms in total. The lowest BCUT2D eigenvalue weighted by Gasteiger charge is -2.00. The lowest BCUT2D eigenvalue weighted by atomic mass is 10.3. The van der Waals surface area contributed by atoms with Gasteiger partial charge in [0, 0.05) is 0 Å². The van der Waals surface area contributed by atoms with Gasteiger partial charge in [-0.1, -0.05) is 0 Å². The van der Waals surface area contributed by atoms with Crippen molar-refractivity contribution in [3.05, 3.63) is 22.2 Å². The van der Waals surface area contributed by atoms with Crippen LogP contribution in [0.3, 0.4) is 0 Å². The second kappa shape index (κ2) is 4.34. The monoisotopic (exact) mass is 292 g/mol. The summed E-state index contributed by atoms with van der Waals surface area (Å²) in [5.41, 5.74) is -1.10. The van der Waals surface area contributed by atoms with Crippen molar-refractivity contribution in [1.29, 1.82) is 0 Å². The Bertz CT molecular complexity index is 645. The van der Waals surface area contributed by atoms with Crippen molar-refractivity contribution in [1.82, 2.24) is 9.97 Å². The van der Waals surface area contributed by atoms with Gasteiger partial charge in [0.2, 0.25) is 11.7 Å². The minimum Gasteiger partial charge on any atom is -0.475 e. The maximum absolute atomic E-state index is 12.6. The van der Waals surface area contributed by atoms with Crippen LogP contribution in [-0.4, -0.2) is 21.0 Å². The van der Waals surface area contributed by atoms with Crippen LogP contribution in [0.5, 0.6) is 0 Å². The normalized spacial score (nSPS) is 11.8. The van der Waals surface area contributed by atoms with E-state index in [1.165, 1.54) is 0 Å². The van der Waals surface area contributed by atoms with Gasteiger partial charge in [0.05, 0.1) is 10.7 Å². The van der Waals surface area contributed by atoms with Crippen LogP contribution >= 0.6 is 11.3 Å². The summed E-state index contributed by atoms with van der Waals surface area (Å²) in [4.78, 5) is 18.3. The number of hydrogen-bond acceptors (Lipinski definition) is 5. The topological polar surface area (TPSA) is 76.2 Å². The zero-order valence-corrected chi connectivity index (χ0v) is 10.5. The van der Waals surface area contributed by atoms with Gasteiger partial charge >= 0.3 is 12.1 Å². The van der Waals surface area contributed by atoms with Crippen molar-refractivity contribution in [3.63, 3.8) is 0 Å². The summed E-state index contributed by atoms with van der Waals surface area (Å²) in [6.45, 7) is 3.25. The summed E-state index contributed by atoms with van der Waals surface area (Å²) >= 11 is 1.08. The zero-order valence-electron chi connectivity index (χ0n) is 9.70. The van der Waals surface area contributed by atoms with Gasteiger partial charge in [0.15, 0.2) is 5.69 Å². The summed E-state index contributed by atoms with van der Waals surface area (Å²) in [5, 5.41) is 9.34. The van der Waals surface area contributed by atoms with Gasteiger partial charge < -0.3 is 9.52 Å². The molecule has 0 saturated carbocycles. The summed E-state index contributed by atoms with van der Waals surface area (Å²) < 4.78 is 42.7. The molecule has 0 saturated heterocycles. The molecular formula is C10H7F3N2O3S. The summed E-state index contributed by atoms with van der Waals surface area (Å²) in [6.07, 6.45) is -4.89. The fraction of sp³-hybridized carbons (Fsp3) is 0.300. The van der Waals surface area contributed by atoms with Gasteiger partial charge in [-0.3, -0.25) is 0 Å². The van der Waals surface area contributed by atoms with Gasteiger partial charge in [0.1, 0.15) is 4.88 Å². The number of thiazole rings is 1. The van der Waals surface area contributed by atoms with Crippen LogP contribution in [0.1, 0.15) is 27.0 Å². The molecule has 0 unspecified atom stereocenters. The third-order valence-corrected chi connectivity index (χ3v) is 3.25. The fourth-order valence-corrected chi connectivity index (χ4v) is 2.33. The first-order valence-electron chi connectivity index (χ1n) is 4.96. The predicted molar refractivity (Wildman–Crippen MR) is 59.0 cm³/mol. The number of nitrogens with zero attached hydrogens (tertiary/aromatic N) is 2. The average molecular weight is 292 g/mol. The van der Waals surface area contributed by atoms with E-state index in [2.05, 4.69) is 9.97 Å². The number of oxazole rings is 1. The highest BCUT2D eigenvalue weighted by atomic mass is 32.1. The molecule has 0 aliphatic heterocycles. The van der Waals surface area contributed by atoms with E-state index in [0.717, 1.165) is 11.3 Å². The molecule has 0 aromatic carbocycles. The lowest BCUT2D eigenvalue weighted by molar-refractivity contribution is -0.141. The predicted octanol–water partition coefficient (Wildman–Crippen LogP) is 3.13. The van der Waals surface area contributed by atoms with Gasteiger partial charge in [-0.25, -0.2) is 14.8 Å². The number of alkyl halides is 3. The number of aromatic nitrogens is 2. The Morgan fingerprint density at radius 1 is 1.32 bits per heavy atom. The van der Waals surface area contributed by atoms with Crippen molar-refractivity contribution in [2.45, 2.75) is 20.0 Å². The molecule has 0 amide bonds. The van der Waals surface area contributed by atoms with Crippen molar-refractivity contribution in [2.24, 2.45) is 0 Å². The van der Waals surface area contributed by atoms with Crippen LogP contribution in [0.4, 0.5) is 13.2 Å². The molecule has 0 radical (unpaired) electrons. The van der Waals surface area contributed by atoms with Gasteiger partial charge in [-0.15, -0.1) is 11.3 Å². The SMILES string of the molecule is Cc1nc(C)c(-c2nc(C(F)(F)F)c(C(=O)O)o2)s1. The van der Waals surface area contributed by atoms with E-state index in [1.807, 2.05) is 0 Å². The van der Waals surface area contributed by atoms with Crippen LogP contribution in [0.25, 0.3) is 10.8 Å². The number of halogens is 3. The molecule has 2 aromatic heterocycles. The molecule has 0 aliphatic carbocycles. The Morgan fingerprint density at radius 2 is 1.95 bits per heavy atom. The smallest absolute Gasteiger partial charge is 0.437 e. The Kier molecular flexibility index (Phi) is 3.09. The first-order chi connectivity index (χ1) is 8.70. The molecule has 0 fully saturated rings. The number of carboxylic acids is 1. The van der Waals surface area contributed by atoms with E-state index >= 15 is 0 Å². The molecule has 0 spiro atoms. The van der Waals surface area contributed by atoms with Crippen molar-refractivity contribution in [2.75, 3.05) is 0 Å². The first kappa shape index (κ1) is 13.5. The highest BCUT2D eigenvalue weighted by molar-refractivity contribution is 7.15. The second-order valence-electron chi connectivity index (χ2n) is 3.65. The number of hydrogen-bond donors (Lipinski definition) is 1.